The lowest BCUT2D eigenvalue weighted by atomic mass is 10.3. The Hall–Kier alpha value is -2.12. The number of pyridine rings is 1. The van der Waals surface area contributed by atoms with Crippen LogP contribution < -0.4 is 5.56 Å². The monoisotopic (exact) mass is 346 g/mol. The van der Waals surface area contributed by atoms with Crippen LogP contribution in [0.4, 0.5) is 0 Å². The molecule has 0 aliphatic carbocycles. The fraction of sp³-hybridized carbons (Fsp3) is 0.188. The van der Waals surface area contributed by atoms with Crippen molar-refractivity contribution in [3.63, 3.8) is 0 Å². The molecule has 0 bridgehead atoms. The van der Waals surface area contributed by atoms with E-state index in [1.165, 1.54) is 17.4 Å². The highest BCUT2D eigenvalue weighted by Gasteiger charge is 2.21. The molecule has 5 nitrogen and oxygen atoms in total. The average molecular weight is 346 g/mol. The normalized spacial score (nSPS) is 12.0. The first-order valence-electron chi connectivity index (χ1n) is 7.01. The molecule has 0 aliphatic heterocycles. The molecule has 2 heterocycles. The minimum Gasteiger partial charge on any atom is -0.267 e. The number of nitrogens with zero attached hydrogens (tertiary/aromatic N) is 2. The van der Waals surface area contributed by atoms with E-state index in [4.69, 9.17) is 0 Å². The molecule has 0 spiro atoms. The van der Waals surface area contributed by atoms with Crippen LogP contribution in [-0.4, -0.2) is 23.6 Å². The molecule has 3 aromatic rings. The SMILES string of the molecule is CC(C)S(=O)(=O)c1cccc(-c2nc(=O)c3ccccc3s2)n1. The van der Waals surface area contributed by atoms with Crippen molar-refractivity contribution < 1.29 is 8.42 Å². The summed E-state index contributed by atoms with van der Waals surface area (Å²) in [5, 5.41) is 0.398. The maximum atomic E-state index is 12.3. The second-order valence-electron chi connectivity index (χ2n) is 5.28. The summed E-state index contributed by atoms with van der Waals surface area (Å²) in [7, 11) is -3.47. The summed E-state index contributed by atoms with van der Waals surface area (Å²) in [4.78, 5) is 20.4. The van der Waals surface area contributed by atoms with E-state index >= 15 is 0 Å². The van der Waals surface area contributed by atoms with Gasteiger partial charge in [-0.3, -0.25) is 4.79 Å². The quantitative estimate of drug-likeness (QED) is 0.729. The molecule has 3 rings (SSSR count). The van der Waals surface area contributed by atoms with Crippen LogP contribution in [0.15, 0.2) is 52.3 Å². The molecular weight excluding hydrogens is 332 g/mol. The van der Waals surface area contributed by atoms with Gasteiger partial charge in [0.15, 0.2) is 14.9 Å². The van der Waals surface area contributed by atoms with Crippen molar-refractivity contribution in [2.45, 2.75) is 24.1 Å². The van der Waals surface area contributed by atoms with Gasteiger partial charge in [-0.05, 0) is 38.1 Å². The van der Waals surface area contributed by atoms with Crippen molar-refractivity contribution >= 4 is 31.3 Å². The summed E-state index contributed by atoms with van der Waals surface area (Å²) >= 11 is 1.31. The van der Waals surface area contributed by atoms with Crippen LogP contribution in [0.3, 0.4) is 0 Å². The Balaban J connectivity index is 2.19. The Morgan fingerprint density at radius 2 is 1.74 bits per heavy atom. The number of hydrogen-bond acceptors (Lipinski definition) is 6. The molecule has 0 N–H and O–H groups in total. The molecule has 23 heavy (non-hydrogen) atoms. The number of fused-ring (bicyclic) bond motifs is 1. The maximum Gasteiger partial charge on any atom is 0.279 e. The van der Waals surface area contributed by atoms with E-state index in [9.17, 15) is 13.2 Å². The van der Waals surface area contributed by atoms with Gasteiger partial charge in [0.1, 0.15) is 10.7 Å². The van der Waals surface area contributed by atoms with Gasteiger partial charge in [-0.2, -0.15) is 4.98 Å². The van der Waals surface area contributed by atoms with Crippen LogP contribution in [0.1, 0.15) is 13.8 Å². The molecule has 0 saturated heterocycles. The molecule has 0 saturated carbocycles. The Bertz CT molecular complexity index is 1040. The molecule has 0 aliphatic rings. The highest BCUT2D eigenvalue weighted by atomic mass is 32.2. The predicted octanol–water partition coefficient (Wildman–Crippen LogP) is 2.90. The number of sulfone groups is 1. The molecule has 0 radical (unpaired) electrons. The van der Waals surface area contributed by atoms with Crippen molar-refractivity contribution in [2.75, 3.05) is 0 Å². The predicted molar refractivity (Wildman–Crippen MR) is 91.4 cm³/mol. The third kappa shape index (κ3) is 2.89. The molecule has 1 aromatic carbocycles. The van der Waals surface area contributed by atoms with Gasteiger partial charge in [0.05, 0.1) is 10.6 Å². The maximum absolute atomic E-state index is 12.3. The summed E-state index contributed by atoms with van der Waals surface area (Å²) in [6, 6.07) is 11.9. The van der Waals surface area contributed by atoms with Gasteiger partial charge in [-0.15, -0.1) is 11.3 Å². The summed E-state index contributed by atoms with van der Waals surface area (Å²) in [6.07, 6.45) is 0. The van der Waals surface area contributed by atoms with Gasteiger partial charge in [-0.1, -0.05) is 18.2 Å². The third-order valence-corrected chi connectivity index (χ3v) is 6.50. The number of aromatic nitrogens is 2. The highest BCUT2D eigenvalue weighted by molar-refractivity contribution is 7.91. The number of benzene rings is 1. The zero-order chi connectivity index (χ0) is 16.6. The van der Waals surface area contributed by atoms with Gasteiger partial charge in [0, 0.05) is 4.70 Å². The Labute approximate surface area is 137 Å². The summed E-state index contributed by atoms with van der Waals surface area (Å²) < 4.78 is 25.3. The first-order valence-corrected chi connectivity index (χ1v) is 9.37. The molecule has 0 atom stereocenters. The van der Waals surface area contributed by atoms with Crippen LogP contribution in [0.5, 0.6) is 0 Å². The Kier molecular flexibility index (Phi) is 3.99. The van der Waals surface area contributed by atoms with Crippen molar-refractivity contribution in [1.82, 2.24) is 9.97 Å². The molecule has 7 heteroatoms. The number of hydrogen-bond donors (Lipinski definition) is 0. The van der Waals surface area contributed by atoms with E-state index < -0.39 is 15.1 Å². The zero-order valence-electron chi connectivity index (χ0n) is 12.6. The fourth-order valence-electron chi connectivity index (χ4n) is 2.06. The van der Waals surface area contributed by atoms with Crippen molar-refractivity contribution in [2.24, 2.45) is 0 Å². The van der Waals surface area contributed by atoms with Crippen LogP contribution in [0.2, 0.25) is 0 Å². The minimum absolute atomic E-state index is 0.000363. The summed E-state index contributed by atoms with van der Waals surface area (Å²) in [5.41, 5.74) is 0.0489. The molecular formula is C16H14N2O3S2. The standard InChI is InChI=1S/C16H14N2O3S2/c1-10(2)23(20,21)14-9-5-7-12(17-14)16-18-15(19)11-6-3-4-8-13(11)22-16/h3-10H,1-2H3. The number of rotatable bonds is 3. The van der Waals surface area contributed by atoms with E-state index in [0.29, 0.717) is 16.1 Å². The van der Waals surface area contributed by atoms with Crippen LogP contribution >= 0.6 is 11.3 Å². The lowest BCUT2D eigenvalue weighted by molar-refractivity contribution is 0.583. The second-order valence-corrected chi connectivity index (χ2v) is 8.76. The minimum atomic E-state index is -3.47. The molecule has 0 amide bonds. The van der Waals surface area contributed by atoms with E-state index in [-0.39, 0.29) is 10.6 Å². The van der Waals surface area contributed by atoms with Gasteiger partial charge < -0.3 is 0 Å². The Morgan fingerprint density at radius 1 is 1.00 bits per heavy atom. The van der Waals surface area contributed by atoms with Gasteiger partial charge in [0.25, 0.3) is 5.56 Å². The van der Waals surface area contributed by atoms with E-state index in [1.54, 1.807) is 38.1 Å². The van der Waals surface area contributed by atoms with Crippen LogP contribution in [0, 0.1) is 0 Å². The zero-order valence-corrected chi connectivity index (χ0v) is 14.2. The smallest absolute Gasteiger partial charge is 0.267 e. The lowest BCUT2D eigenvalue weighted by Crippen LogP contribution is -2.15. The summed E-state index contributed by atoms with van der Waals surface area (Å²) in [6.45, 7) is 3.21. The average Bonchev–Trinajstić information content (AvgIpc) is 2.55. The lowest BCUT2D eigenvalue weighted by Gasteiger charge is -2.08. The van der Waals surface area contributed by atoms with E-state index in [2.05, 4.69) is 9.97 Å². The van der Waals surface area contributed by atoms with Gasteiger partial charge in [0.2, 0.25) is 0 Å². The second kappa shape index (κ2) is 5.82. The Morgan fingerprint density at radius 3 is 2.48 bits per heavy atom. The first kappa shape index (κ1) is 15.8. The fourth-order valence-corrected chi connectivity index (χ4v) is 4.00. The van der Waals surface area contributed by atoms with E-state index in [1.807, 2.05) is 12.1 Å². The van der Waals surface area contributed by atoms with Crippen molar-refractivity contribution in [3.8, 4) is 10.7 Å². The summed E-state index contributed by atoms with van der Waals surface area (Å²) in [5.74, 6) is 0. The molecule has 0 fully saturated rings. The van der Waals surface area contributed by atoms with Crippen molar-refractivity contribution in [1.29, 1.82) is 0 Å². The molecule has 0 unspecified atom stereocenters. The van der Waals surface area contributed by atoms with Gasteiger partial charge in [-0.25, -0.2) is 13.4 Å². The van der Waals surface area contributed by atoms with Gasteiger partial charge >= 0.3 is 0 Å². The van der Waals surface area contributed by atoms with Crippen LogP contribution in [0.25, 0.3) is 20.8 Å². The van der Waals surface area contributed by atoms with Crippen molar-refractivity contribution in [3.05, 3.63) is 52.8 Å². The molecule has 2 aromatic heterocycles. The largest absolute Gasteiger partial charge is 0.279 e. The highest BCUT2D eigenvalue weighted by Crippen LogP contribution is 2.25. The first-order chi connectivity index (χ1) is 10.9. The van der Waals surface area contributed by atoms with E-state index in [0.717, 1.165) is 4.70 Å². The molecule has 118 valence electrons. The van der Waals surface area contributed by atoms with Crippen LogP contribution in [-0.2, 0) is 9.84 Å². The topological polar surface area (TPSA) is 77.0 Å². The third-order valence-electron chi connectivity index (χ3n) is 3.38.